The highest BCUT2D eigenvalue weighted by molar-refractivity contribution is 8.15. The Morgan fingerprint density at radius 3 is 2.50 bits per heavy atom. The molecule has 1 aliphatic rings. The van der Waals surface area contributed by atoms with Gasteiger partial charge in [0, 0.05) is 19.2 Å². The van der Waals surface area contributed by atoms with Gasteiger partial charge in [0.25, 0.3) is 0 Å². The van der Waals surface area contributed by atoms with Crippen LogP contribution in [0.2, 0.25) is 0 Å². The van der Waals surface area contributed by atoms with E-state index < -0.39 is 11.2 Å². The van der Waals surface area contributed by atoms with Gasteiger partial charge in [0.05, 0.1) is 19.8 Å². The lowest BCUT2D eigenvalue weighted by Gasteiger charge is -2.29. The molecule has 1 unspecified atom stereocenters. The van der Waals surface area contributed by atoms with Crippen LogP contribution < -0.4 is 10.1 Å². The molecule has 2 aromatic rings. The second-order valence-corrected chi connectivity index (χ2v) is 7.56. The van der Waals surface area contributed by atoms with Crippen LogP contribution in [-0.2, 0) is 14.3 Å². The standard InChI is InChI=1S/C21H21N3O5S/c1-24-18(25)12-17(30-21(24)23-15-6-4-5-7-16(15)28-2)19(26)22-14-10-8-13(9-11-14)20(27)29-3/h4-11,17H,12H2,1-3H3,(H,22,26). The molecule has 2 amide bonds. The first-order valence-corrected chi connectivity index (χ1v) is 9.95. The monoisotopic (exact) mass is 427 g/mol. The molecule has 0 saturated carbocycles. The molecule has 0 radical (unpaired) electrons. The minimum Gasteiger partial charge on any atom is -0.494 e. The number of nitrogens with zero attached hydrogens (tertiary/aromatic N) is 2. The Labute approximate surface area is 178 Å². The predicted octanol–water partition coefficient (Wildman–Crippen LogP) is 3.07. The highest BCUT2D eigenvalue weighted by Crippen LogP contribution is 2.32. The molecule has 1 heterocycles. The number of esters is 1. The molecule has 0 bridgehead atoms. The van der Waals surface area contributed by atoms with Crippen LogP contribution in [0, 0.1) is 0 Å². The Kier molecular flexibility index (Phi) is 6.73. The van der Waals surface area contributed by atoms with Crippen molar-refractivity contribution in [2.45, 2.75) is 11.7 Å². The molecular weight excluding hydrogens is 406 g/mol. The molecular formula is C21H21N3O5S. The van der Waals surface area contributed by atoms with Crippen LogP contribution in [0.1, 0.15) is 16.8 Å². The molecule has 30 heavy (non-hydrogen) atoms. The molecule has 1 atom stereocenters. The van der Waals surface area contributed by atoms with Crippen LogP contribution in [-0.4, -0.2) is 54.4 Å². The van der Waals surface area contributed by atoms with Crippen molar-refractivity contribution in [3.8, 4) is 5.75 Å². The molecule has 9 heteroatoms. The van der Waals surface area contributed by atoms with Crippen molar-refractivity contribution >= 4 is 46.1 Å². The fourth-order valence-electron chi connectivity index (χ4n) is 2.75. The number of anilines is 1. The summed E-state index contributed by atoms with van der Waals surface area (Å²) < 4.78 is 9.96. The molecule has 1 fully saturated rings. The van der Waals surface area contributed by atoms with Crippen LogP contribution in [0.3, 0.4) is 0 Å². The van der Waals surface area contributed by atoms with Crippen LogP contribution in [0.5, 0.6) is 5.75 Å². The zero-order valence-electron chi connectivity index (χ0n) is 16.7. The number of carbonyl (C=O) groups excluding carboxylic acids is 3. The lowest BCUT2D eigenvalue weighted by molar-refractivity contribution is -0.128. The third-order valence-corrected chi connectivity index (χ3v) is 5.68. The van der Waals surface area contributed by atoms with Gasteiger partial charge in [-0.2, -0.15) is 0 Å². The molecule has 8 nitrogen and oxygen atoms in total. The molecule has 0 aromatic heterocycles. The molecule has 156 valence electrons. The Balaban J connectivity index is 1.76. The summed E-state index contributed by atoms with van der Waals surface area (Å²) in [5, 5.41) is 2.55. The molecule has 0 spiro atoms. The smallest absolute Gasteiger partial charge is 0.337 e. The van der Waals surface area contributed by atoms with E-state index in [1.54, 1.807) is 50.6 Å². The number of carbonyl (C=O) groups is 3. The molecule has 0 aliphatic carbocycles. The highest BCUT2D eigenvalue weighted by Gasteiger charge is 2.34. The van der Waals surface area contributed by atoms with E-state index in [2.05, 4.69) is 15.0 Å². The lowest BCUT2D eigenvalue weighted by atomic mass is 10.2. The van der Waals surface area contributed by atoms with Gasteiger partial charge in [0.15, 0.2) is 5.17 Å². The maximum absolute atomic E-state index is 12.7. The lowest BCUT2D eigenvalue weighted by Crippen LogP contribution is -2.43. The summed E-state index contributed by atoms with van der Waals surface area (Å²) in [4.78, 5) is 42.7. The van der Waals surface area contributed by atoms with E-state index in [9.17, 15) is 14.4 Å². The van der Waals surface area contributed by atoms with Crippen molar-refractivity contribution in [1.29, 1.82) is 0 Å². The Morgan fingerprint density at radius 1 is 1.13 bits per heavy atom. The number of nitrogens with one attached hydrogen (secondary N) is 1. The van der Waals surface area contributed by atoms with Gasteiger partial charge in [0.1, 0.15) is 16.7 Å². The number of methoxy groups -OCH3 is 2. The third kappa shape index (κ3) is 4.80. The normalized spacial score (nSPS) is 17.6. The maximum Gasteiger partial charge on any atom is 0.337 e. The van der Waals surface area contributed by atoms with E-state index >= 15 is 0 Å². The van der Waals surface area contributed by atoms with Crippen molar-refractivity contribution in [2.24, 2.45) is 4.99 Å². The number of hydrogen-bond acceptors (Lipinski definition) is 7. The third-order valence-electron chi connectivity index (χ3n) is 4.44. The second kappa shape index (κ2) is 9.45. The van der Waals surface area contributed by atoms with Gasteiger partial charge in [-0.05, 0) is 36.4 Å². The fourth-order valence-corrected chi connectivity index (χ4v) is 3.81. The van der Waals surface area contributed by atoms with Crippen LogP contribution in [0.25, 0.3) is 0 Å². The van der Waals surface area contributed by atoms with E-state index in [0.717, 1.165) is 0 Å². The quantitative estimate of drug-likeness (QED) is 0.737. The van der Waals surface area contributed by atoms with Gasteiger partial charge in [-0.3, -0.25) is 14.5 Å². The van der Waals surface area contributed by atoms with Crippen LogP contribution in [0.15, 0.2) is 53.5 Å². The number of benzene rings is 2. The summed E-state index contributed by atoms with van der Waals surface area (Å²) in [6.45, 7) is 0. The SMILES string of the molecule is COC(=O)c1ccc(NC(=O)C2CC(=O)N(C)C(=Nc3ccccc3OC)S2)cc1. The zero-order chi connectivity index (χ0) is 21.7. The zero-order valence-corrected chi connectivity index (χ0v) is 17.6. The summed E-state index contributed by atoms with van der Waals surface area (Å²) in [6.07, 6.45) is 0.0538. The van der Waals surface area contributed by atoms with E-state index in [4.69, 9.17) is 4.74 Å². The van der Waals surface area contributed by atoms with Crippen LogP contribution in [0.4, 0.5) is 11.4 Å². The number of ether oxygens (including phenoxy) is 2. The topological polar surface area (TPSA) is 97.3 Å². The first-order chi connectivity index (χ1) is 14.4. The summed E-state index contributed by atoms with van der Waals surface area (Å²) in [5.41, 5.74) is 1.47. The Morgan fingerprint density at radius 2 is 1.83 bits per heavy atom. The average molecular weight is 427 g/mol. The maximum atomic E-state index is 12.7. The minimum atomic E-state index is -0.637. The van der Waals surface area contributed by atoms with Gasteiger partial charge < -0.3 is 14.8 Å². The van der Waals surface area contributed by atoms with Crippen molar-refractivity contribution in [3.05, 3.63) is 54.1 Å². The number of amidine groups is 1. The Hall–Kier alpha value is -3.33. The number of amides is 2. The molecule has 3 rings (SSSR count). The summed E-state index contributed by atoms with van der Waals surface area (Å²) >= 11 is 1.21. The van der Waals surface area contributed by atoms with Gasteiger partial charge in [-0.1, -0.05) is 23.9 Å². The largest absolute Gasteiger partial charge is 0.494 e. The highest BCUT2D eigenvalue weighted by atomic mass is 32.2. The first kappa shape index (κ1) is 21.4. The second-order valence-electron chi connectivity index (χ2n) is 6.39. The van der Waals surface area contributed by atoms with Gasteiger partial charge >= 0.3 is 5.97 Å². The van der Waals surface area contributed by atoms with Gasteiger partial charge in [0.2, 0.25) is 11.8 Å². The van der Waals surface area contributed by atoms with Crippen molar-refractivity contribution < 1.29 is 23.9 Å². The number of aliphatic imine (C=N–C) groups is 1. The van der Waals surface area contributed by atoms with E-state index in [-0.39, 0.29) is 18.2 Å². The summed E-state index contributed by atoms with van der Waals surface area (Å²) in [6, 6.07) is 13.5. The van der Waals surface area contributed by atoms with Crippen molar-refractivity contribution in [1.82, 2.24) is 4.90 Å². The van der Waals surface area contributed by atoms with Gasteiger partial charge in [-0.25, -0.2) is 9.79 Å². The molecule has 1 aliphatic heterocycles. The molecule has 1 N–H and O–H groups in total. The molecule has 2 aromatic carbocycles. The van der Waals surface area contributed by atoms with Gasteiger partial charge in [-0.15, -0.1) is 0 Å². The Bertz CT molecular complexity index is 990. The first-order valence-electron chi connectivity index (χ1n) is 9.07. The summed E-state index contributed by atoms with van der Waals surface area (Å²) in [7, 11) is 4.48. The van der Waals surface area contributed by atoms with E-state index in [1.807, 2.05) is 12.1 Å². The minimum absolute atomic E-state index is 0.0538. The number of hydrogen-bond donors (Lipinski definition) is 1. The molecule has 1 saturated heterocycles. The summed E-state index contributed by atoms with van der Waals surface area (Å²) in [5.74, 6) is -0.408. The number of thioether (sulfide) groups is 1. The fraction of sp³-hybridized carbons (Fsp3) is 0.238. The average Bonchev–Trinajstić information content (AvgIpc) is 2.77. The van der Waals surface area contributed by atoms with E-state index in [1.165, 1.54) is 23.8 Å². The number of para-hydroxylation sites is 2. The predicted molar refractivity (Wildman–Crippen MR) is 115 cm³/mol. The number of rotatable bonds is 5. The van der Waals surface area contributed by atoms with E-state index in [0.29, 0.717) is 27.9 Å². The van der Waals surface area contributed by atoms with Crippen molar-refractivity contribution in [3.63, 3.8) is 0 Å². The van der Waals surface area contributed by atoms with Crippen LogP contribution >= 0.6 is 11.8 Å². The van der Waals surface area contributed by atoms with Crippen molar-refractivity contribution in [2.75, 3.05) is 26.6 Å².